The molecule has 12 heteroatoms. The van der Waals surface area contributed by atoms with Crippen molar-refractivity contribution in [2.75, 3.05) is 18.6 Å². The third-order valence-electron chi connectivity index (χ3n) is 4.52. The predicted octanol–water partition coefficient (Wildman–Crippen LogP) is -1.43. The minimum absolute atomic E-state index is 0.0131. The second kappa shape index (κ2) is 13.6. The average molecular weight is 471 g/mol. The van der Waals surface area contributed by atoms with E-state index in [1.165, 1.54) is 30.8 Å². The number of aliphatic hydroxyl groups excluding tert-OH is 1. The van der Waals surface area contributed by atoms with E-state index in [0.717, 1.165) is 0 Å². The molecule has 1 rings (SSSR count). The van der Waals surface area contributed by atoms with Gasteiger partial charge in [-0.15, -0.1) is 0 Å². The number of hydrogen-bond donors (Lipinski definition) is 7. The molecule has 0 spiro atoms. The molecular formula is C20H30N4O7S. The lowest BCUT2D eigenvalue weighted by atomic mass is 10.0. The zero-order valence-corrected chi connectivity index (χ0v) is 18.7. The van der Waals surface area contributed by atoms with E-state index in [0.29, 0.717) is 17.7 Å². The van der Waals surface area contributed by atoms with Crippen molar-refractivity contribution in [2.24, 2.45) is 5.73 Å². The molecule has 0 saturated carbocycles. The van der Waals surface area contributed by atoms with Crippen LogP contribution in [0.1, 0.15) is 18.9 Å². The summed E-state index contributed by atoms with van der Waals surface area (Å²) in [5, 5.41) is 35.1. The maximum Gasteiger partial charge on any atom is 0.325 e. The van der Waals surface area contributed by atoms with Crippen molar-refractivity contribution >= 4 is 35.5 Å². The number of nitrogens with one attached hydrogen (secondary N) is 3. The summed E-state index contributed by atoms with van der Waals surface area (Å²) in [5.74, 6) is -2.82. The number of carboxylic acid groups (broad SMARTS) is 1. The smallest absolute Gasteiger partial charge is 0.325 e. The lowest BCUT2D eigenvalue weighted by Crippen LogP contribution is -2.58. The van der Waals surface area contributed by atoms with Crippen molar-refractivity contribution < 1.29 is 34.5 Å². The first kappa shape index (κ1) is 27.2. The quantitative estimate of drug-likeness (QED) is 0.181. The molecule has 1 aromatic carbocycles. The summed E-state index contributed by atoms with van der Waals surface area (Å²) in [4.78, 5) is 48.5. The Labute approximate surface area is 190 Å². The zero-order chi connectivity index (χ0) is 24.3. The highest BCUT2D eigenvalue weighted by atomic mass is 32.2. The monoisotopic (exact) mass is 470 g/mol. The van der Waals surface area contributed by atoms with Crippen LogP contribution < -0.4 is 21.7 Å². The van der Waals surface area contributed by atoms with Crippen LogP contribution in [0.25, 0.3) is 0 Å². The zero-order valence-electron chi connectivity index (χ0n) is 17.9. The van der Waals surface area contributed by atoms with E-state index < -0.39 is 54.5 Å². The maximum atomic E-state index is 12.7. The molecule has 0 saturated heterocycles. The standard InChI is InChI=1S/C20H30N4O7S/c1-11(20(30)31)22-18(28)15(9-12-3-5-13(26)6-4-12)23-19(29)16(10-25)24-17(27)14(21)7-8-32-2/h3-6,11,14-16,25-26H,7-10,21H2,1-2H3,(H,22,28)(H,23,29)(H,24,27)(H,30,31). The van der Waals surface area contributed by atoms with Gasteiger partial charge in [0, 0.05) is 6.42 Å². The normalized spacial score (nSPS) is 14.5. The van der Waals surface area contributed by atoms with Gasteiger partial charge in [0.25, 0.3) is 0 Å². The number of phenols is 1. The van der Waals surface area contributed by atoms with E-state index in [4.69, 9.17) is 10.8 Å². The molecule has 0 fully saturated rings. The van der Waals surface area contributed by atoms with Gasteiger partial charge >= 0.3 is 5.97 Å². The number of nitrogens with two attached hydrogens (primary N) is 1. The van der Waals surface area contributed by atoms with Gasteiger partial charge in [-0.2, -0.15) is 11.8 Å². The second-order valence-corrected chi connectivity index (χ2v) is 8.12. The SMILES string of the molecule is CSCCC(N)C(=O)NC(CO)C(=O)NC(Cc1ccc(O)cc1)C(=O)NC(C)C(=O)O. The highest BCUT2D eigenvalue weighted by molar-refractivity contribution is 7.98. The Hall–Kier alpha value is -2.83. The molecule has 8 N–H and O–H groups in total. The van der Waals surface area contributed by atoms with Crippen LogP contribution in [-0.2, 0) is 25.6 Å². The summed E-state index contributed by atoms with van der Waals surface area (Å²) in [6.45, 7) is 0.540. The molecule has 0 aliphatic heterocycles. The fourth-order valence-corrected chi connectivity index (χ4v) is 3.06. The second-order valence-electron chi connectivity index (χ2n) is 7.13. The minimum Gasteiger partial charge on any atom is -0.508 e. The van der Waals surface area contributed by atoms with Crippen molar-refractivity contribution in [3.63, 3.8) is 0 Å². The number of aliphatic hydroxyl groups is 1. The van der Waals surface area contributed by atoms with Gasteiger partial charge in [-0.25, -0.2) is 0 Å². The van der Waals surface area contributed by atoms with Crippen LogP contribution >= 0.6 is 11.8 Å². The maximum absolute atomic E-state index is 12.7. The van der Waals surface area contributed by atoms with E-state index in [1.54, 1.807) is 12.1 Å². The number of carbonyl (C=O) groups excluding carboxylic acids is 3. The Morgan fingerprint density at radius 3 is 2.09 bits per heavy atom. The van der Waals surface area contributed by atoms with Gasteiger partial charge in [-0.1, -0.05) is 12.1 Å². The number of thioether (sulfide) groups is 1. The fraction of sp³-hybridized carbons (Fsp3) is 0.500. The van der Waals surface area contributed by atoms with Gasteiger partial charge < -0.3 is 37.0 Å². The van der Waals surface area contributed by atoms with Crippen LogP contribution in [0.5, 0.6) is 5.75 Å². The van der Waals surface area contributed by atoms with Crippen LogP contribution in [0.2, 0.25) is 0 Å². The largest absolute Gasteiger partial charge is 0.508 e. The third kappa shape index (κ3) is 9.12. The predicted molar refractivity (Wildman–Crippen MR) is 119 cm³/mol. The van der Waals surface area contributed by atoms with E-state index in [9.17, 15) is 29.4 Å². The molecule has 11 nitrogen and oxygen atoms in total. The number of aliphatic carboxylic acids is 1. The highest BCUT2D eigenvalue weighted by Gasteiger charge is 2.29. The van der Waals surface area contributed by atoms with Gasteiger partial charge in [-0.05, 0) is 43.0 Å². The molecule has 4 unspecified atom stereocenters. The van der Waals surface area contributed by atoms with Gasteiger partial charge in [0.05, 0.1) is 12.6 Å². The van der Waals surface area contributed by atoms with Crippen LogP contribution in [0.3, 0.4) is 0 Å². The van der Waals surface area contributed by atoms with Crippen molar-refractivity contribution in [1.29, 1.82) is 0 Å². The molecule has 32 heavy (non-hydrogen) atoms. The van der Waals surface area contributed by atoms with Crippen LogP contribution in [0.15, 0.2) is 24.3 Å². The molecule has 0 aliphatic carbocycles. The number of benzene rings is 1. The van der Waals surface area contributed by atoms with E-state index >= 15 is 0 Å². The van der Waals surface area contributed by atoms with E-state index in [-0.39, 0.29) is 12.2 Å². The lowest BCUT2D eigenvalue weighted by molar-refractivity contribution is -0.141. The number of aromatic hydroxyl groups is 1. The number of amides is 3. The molecule has 0 bridgehead atoms. The van der Waals surface area contributed by atoms with Gasteiger partial charge in [0.2, 0.25) is 17.7 Å². The van der Waals surface area contributed by atoms with Gasteiger partial charge in [-0.3, -0.25) is 19.2 Å². The molecule has 178 valence electrons. The van der Waals surface area contributed by atoms with Crippen LogP contribution in [0.4, 0.5) is 0 Å². The van der Waals surface area contributed by atoms with Crippen molar-refractivity contribution in [3.05, 3.63) is 29.8 Å². The van der Waals surface area contributed by atoms with Gasteiger partial charge in [0.1, 0.15) is 23.9 Å². The molecule has 0 heterocycles. The molecular weight excluding hydrogens is 440 g/mol. The summed E-state index contributed by atoms with van der Waals surface area (Å²) in [7, 11) is 0. The molecule has 4 atom stereocenters. The first-order valence-electron chi connectivity index (χ1n) is 9.86. The molecule has 0 aromatic heterocycles. The molecule has 0 radical (unpaired) electrons. The van der Waals surface area contributed by atoms with Crippen LogP contribution in [-0.4, -0.2) is 81.8 Å². The Morgan fingerprint density at radius 1 is 1.00 bits per heavy atom. The lowest BCUT2D eigenvalue weighted by Gasteiger charge is -2.24. The number of hydrogen-bond acceptors (Lipinski definition) is 8. The topological polar surface area (TPSA) is 191 Å². The van der Waals surface area contributed by atoms with E-state index in [1.807, 2.05) is 6.26 Å². The van der Waals surface area contributed by atoms with Gasteiger partial charge in [0.15, 0.2) is 0 Å². The van der Waals surface area contributed by atoms with Crippen molar-refractivity contribution in [3.8, 4) is 5.75 Å². The Balaban J connectivity index is 2.93. The van der Waals surface area contributed by atoms with Crippen molar-refractivity contribution in [1.82, 2.24) is 16.0 Å². The number of phenolic OH excluding ortho intramolecular Hbond substituents is 1. The first-order chi connectivity index (χ1) is 15.1. The third-order valence-corrected chi connectivity index (χ3v) is 5.17. The molecule has 0 aliphatic rings. The summed E-state index contributed by atoms with van der Waals surface area (Å²) < 4.78 is 0. The Morgan fingerprint density at radius 2 is 1.56 bits per heavy atom. The fourth-order valence-electron chi connectivity index (χ4n) is 2.57. The summed E-state index contributed by atoms with van der Waals surface area (Å²) in [6.07, 6.45) is 2.22. The summed E-state index contributed by atoms with van der Waals surface area (Å²) in [6, 6.07) is 1.26. The summed E-state index contributed by atoms with van der Waals surface area (Å²) in [5.41, 5.74) is 6.35. The number of carboxylic acids is 1. The Bertz CT molecular complexity index is 791. The number of rotatable bonds is 13. The minimum atomic E-state index is -1.35. The molecule has 1 aromatic rings. The van der Waals surface area contributed by atoms with E-state index in [2.05, 4.69) is 16.0 Å². The summed E-state index contributed by atoms with van der Waals surface area (Å²) >= 11 is 1.51. The van der Waals surface area contributed by atoms with Crippen LogP contribution in [0, 0.1) is 0 Å². The van der Waals surface area contributed by atoms with Crippen molar-refractivity contribution in [2.45, 2.75) is 43.9 Å². The number of carbonyl (C=O) groups is 4. The molecule has 3 amide bonds. The first-order valence-corrected chi connectivity index (χ1v) is 11.3. The average Bonchev–Trinajstić information content (AvgIpc) is 2.76. The highest BCUT2D eigenvalue weighted by Crippen LogP contribution is 2.12. The Kier molecular flexibility index (Phi) is 11.5.